The van der Waals surface area contributed by atoms with E-state index in [1.165, 1.54) is 12.7 Å². The van der Waals surface area contributed by atoms with Crippen molar-refractivity contribution in [2.75, 3.05) is 0 Å². The van der Waals surface area contributed by atoms with Crippen LogP contribution in [0.2, 0.25) is 0 Å². The number of hydrogen-bond acceptors (Lipinski definition) is 5. The summed E-state index contributed by atoms with van der Waals surface area (Å²) in [6.45, 7) is 0. The van der Waals surface area contributed by atoms with Crippen molar-refractivity contribution in [2.45, 2.75) is 6.42 Å². The Morgan fingerprint density at radius 2 is 1.80 bits per heavy atom. The summed E-state index contributed by atoms with van der Waals surface area (Å²) in [5.41, 5.74) is 1.09. The van der Waals surface area contributed by atoms with E-state index in [2.05, 4.69) is 19.9 Å². The zero-order valence-corrected chi connectivity index (χ0v) is 7.87. The van der Waals surface area contributed by atoms with Crippen LogP contribution in [0.1, 0.15) is 16.2 Å². The molecule has 0 aromatic carbocycles. The summed E-state index contributed by atoms with van der Waals surface area (Å²) in [7, 11) is 0. The summed E-state index contributed by atoms with van der Waals surface area (Å²) in [5.74, 6) is -0.0731. The van der Waals surface area contributed by atoms with Crippen LogP contribution >= 0.6 is 0 Å². The molecule has 0 saturated heterocycles. The molecule has 0 atom stereocenters. The highest BCUT2D eigenvalue weighted by atomic mass is 16.1. The van der Waals surface area contributed by atoms with Gasteiger partial charge in [-0.3, -0.25) is 4.79 Å². The molecule has 0 spiro atoms. The van der Waals surface area contributed by atoms with E-state index < -0.39 is 0 Å². The fourth-order valence-electron chi connectivity index (χ4n) is 1.13. The second-order valence-electron chi connectivity index (χ2n) is 2.90. The van der Waals surface area contributed by atoms with Gasteiger partial charge in [-0.05, 0) is 12.1 Å². The van der Waals surface area contributed by atoms with Gasteiger partial charge in [0.25, 0.3) is 0 Å². The number of Topliss-reactive ketones (excluding diaryl/α,β-unsaturated/α-hetero) is 1. The van der Waals surface area contributed by atoms with Crippen molar-refractivity contribution >= 4 is 5.78 Å². The summed E-state index contributed by atoms with van der Waals surface area (Å²) >= 11 is 0. The van der Waals surface area contributed by atoms with Crippen molar-refractivity contribution < 1.29 is 4.79 Å². The quantitative estimate of drug-likeness (QED) is 0.682. The molecule has 0 unspecified atom stereocenters. The molecule has 2 aromatic heterocycles. The Hall–Kier alpha value is -2.17. The van der Waals surface area contributed by atoms with E-state index in [4.69, 9.17) is 0 Å². The summed E-state index contributed by atoms with van der Waals surface area (Å²) < 4.78 is 0. The van der Waals surface area contributed by atoms with Gasteiger partial charge in [0, 0.05) is 12.4 Å². The monoisotopic (exact) mass is 200 g/mol. The summed E-state index contributed by atoms with van der Waals surface area (Å²) in [5, 5.41) is 0. The molecule has 0 aliphatic heterocycles. The van der Waals surface area contributed by atoms with Gasteiger partial charge in [-0.25, -0.2) is 19.9 Å². The molecule has 0 radical (unpaired) electrons. The predicted octanol–water partition coefficient (Wildman–Crippen LogP) is 0.692. The molecule has 2 heterocycles. The van der Waals surface area contributed by atoms with Crippen LogP contribution in [0.25, 0.3) is 0 Å². The van der Waals surface area contributed by atoms with Crippen LogP contribution in [0.5, 0.6) is 0 Å². The highest BCUT2D eigenvalue weighted by Gasteiger charge is 2.08. The van der Waals surface area contributed by atoms with Crippen molar-refractivity contribution in [3.63, 3.8) is 0 Å². The van der Waals surface area contributed by atoms with Crippen molar-refractivity contribution in [2.24, 2.45) is 0 Å². The predicted molar refractivity (Wildman–Crippen MR) is 52.1 cm³/mol. The second-order valence-corrected chi connectivity index (χ2v) is 2.90. The number of carbonyl (C=O) groups excluding carboxylic acids is 1. The maximum Gasteiger partial charge on any atom is 0.187 e. The van der Waals surface area contributed by atoms with Crippen molar-refractivity contribution in [1.82, 2.24) is 19.9 Å². The van der Waals surface area contributed by atoms with Crippen LogP contribution in [0, 0.1) is 0 Å². The van der Waals surface area contributed by atoms with Crippen LogP contribution < -0.4 is 0 Å². The van der Waals surface area contributed by atoms with Gasteiger partial charge in [-0.1, -0.05) is 0 Å². The van der Waals surface area contributed by atoms with E-state index in [9.17, 15) is 4.79 Å². The largest absolute Gasteiger partial charge is 0.292 e. The Morgan fingerprint density at radius 1 is 1.07 bits per heavy atom. The first kappa shape index (κ1) is 9.39. The third-order valence-electron chi connectivity index (χ3n) is 1.85. The topological polar surface area (TPSA) is 68.6 Å². The molecule has 0 aliphatic carbocycles. The van der Waals surface area contributed by atoms with Crippen LogP contribution in [0.3, 0.4) is 0 Å². The minimum absolute atomic E-state index is 0.0731. The zero-order valence-electron chi connectivity index (χ0n) is 7.87. The lowest BCUT2D eigenvalue weighted by molar-refractivity contribution is 0.0987. The zero-order chi connectivity index (χ0) is 10.5. The third kappa shape index (κ3) is 2.40. The molecule has 0 saturated carbocycles. The van der Waals surface area contributed by atoms with Gasteiger partial charge in [-0.2, -0.15) is 0 Å². The van der Waals surface area contributed by atoms with Crippen LogP contribution in [0.15, 0.2) is 37.2 Å². The van der Waals surface area contributed by atoms with Crippen molar-refractivity contribution in [1.29, 1.82) is 0 Å². The van der Waals surface area contributed by atoms with E-state index in [0.717, 1.165) is 0 Å². The molecular weight excluding hydrogens is 192 g/mol. The third-order valence-corrected chi connectivity index (χ3v) is 1.85. The summed E-state index contributed by atoms with van der Waals surface area (Å²) in [4.78, 5) is 27.0. The smallest absolute Gasteiger partial charge is 0.187 e. The van der Waals surface area contributed by atoms with Crippen molar-refractivity contribution in [3.8, 4) is 0 Å². The maximum atomic E-state index is 11.7. The fraction of sp³-hybridized carbons (Fsp3) is 0.100. The van der Waals surface area contributed by atoms with Gasteiger partial charge in [-0.15, -0.1) is 0 Å². The van der Waals surface area contributed by atoms with Gasteiger partial charge < -0.3 is 0 Å². The normalized spacial score (nSPS) is 9.87. The molecule has 0 N–H and O–H groups in total. The van der Waals surface area contributed by atoms with E-state index in [0.29, 0.717) is 11.4 Å². The van der Waals surface area contributed by atoms with Gasteiger partial charge in [0.1, 0.15) is 18.3 Å². The summed E-state index contributed by atoms with van der Waals surface area (Å²) in [6.07, 6.45) is 6.16. The first-order valence-electron chi connectivity index (χ1n) is 4.40. The van der Waals surface area contributed by atoms with Gasteiger partial charge in [0.15, 0.2) is 5.78 Å². The Morgan fingerprint density at radius 3 is 2.40 bits per heavy atom. The minimum atomic E-state index is -0.0731. The highest BCUT2D eigenvalue weighted by Crippen LogP contribution is 2.00. The first-order chi connectivity index (χ1) is 7.36. The number of nitrogens with zero attached hydrogens (tertiary/aromatic N) is 4. The molecule has 15 heavy (non-hydrogen) atoms. The van der Waals surface area contributed by atoms with E-state index >= 15 is 0 Å². The van der Waals surface area contributed by atoms with E-state index in [1.54, 1.807) is 24.5 Å². The SMILES string of the molecule is O=C(Cc1ccncn1)c1ccncn1. The lowest BCUT2D eigenvalue weighted by Crippen LogP contribution is -2.07. The molecule has 5 heteroatoms. The number of carbonyl (C=O) groups is 1. The molecule has 0 fully saturated rings. The number of hydrogen-bond donors (Lipinski definition) is 0. The molecule has 0 amide bonds. The Balaban J connectivity index is 2.12. The molecule has 0 bridgehead atoms. The molecule has 0 aliphatic rings. The average Bonchev–Trinajstić information content (AvgIpc) is 2.31. The summed E-state index contributed by atoms with van der Waals surface area (Å²) in [6, 6.07) is 3.29. The molecule has 2 rings (SSSR count). The Bertz CT molecular complexity index is 443. The number of rotatable bonds is 3. The molecule has 74 valence electrons. The van der Waals surface area contributed by atoms with Crippen LogP contribution in [-0.4, -0.2) is 25.7 Å². The standard InChI is InChI=1S/C10H8N4O/c15-10(9-2-4-12-7-14-9)5-8-1-3-11-6-13-8/h1-4,6-7H,5H2. The van der Waals surface area contributed by atoms with Crippen LogP contribution in [0.4, 0.5) is 0 Å². The van der Waals surface area contributed by atoms with Gasteiger partial charge >= 0.3 is 0 Å². The van der Waals surface area contributed by atoms with E-state index in [-0.39, 0.29) is 12.2 Å². The second kappa shape index (κ2) is 4.36. The fourth-order valence-corrected chi connectivity index (χ4v) is 1.13. The Kier molecular flexibility index (Phi) is 2.73. The number of aromatic nitrogens is 4. The van der Waals surface area contributed by atoms with E-state index in [1.807, 2.05) is 0 Å². The lowest BCUT2D eigenvalue weighted by atomic mass is 10.1. The molecule has 5 nitrogen and oxygen atoms in total. The molecular formula is C10H8N4O. The van der Waals surface area contributed by atoms with Gasteiger partial charge in [0.05, 0.1) is 12.1 Å². The average molecular weight is 200 g/mol. The van der Waals surface area contributed by atoms with Gasteiger partial charge in [0.2, 0.25) is 0 Å². The Labute approximate surface area is 86.3 Å². The van der Waals surface area contributed by atoms with Crippen molar-refractivity contribution in [3.05, 3.63) is 48.6 Å². The minimum Gasteiger partial charge on any atom is -0.292 e. The highest BCUT2D eigenvalue weighted by molar-refractivity contribution is 5.95. The number of ketones is 1. The van der Waals surface area contributed by atoms with Crippen LogP contribution in [-0.2, 0) is 6.42 Å². The maximum absolute atomic E-state index is 11.7. The molecule has 2 aromatic rings. The lowest BCUT2D eigenvalue weighted by Gasteiger charge is -1.98. The first-order valence-corrected chi connectivity index (χ1v) is 4.40.